The molecule has 0 aromatic heterocycles. The number of alkyl halides is 2. The minimum Gasteiger partial charge on any atom is -0.435 e. The first-order valence-electron chi connectivity index (χ1n) is 9.90. The lowest BCUT2D eigenvalue weighted by Crippen LogP contribution is -2.37. The summed E-state index contributed by atoms with van der Waals surface area (Å²) in [6.45, 7) is 12.3. The van der Waals surface area contributed by atoms with Gasteiger partial charge in [-0.3, -0.25) is 0 Å². The van der Waals surface area contributed by atoms with E-state index in [0.29, 0.717) is 5.92 Å². The molecule has 0 aliphatic heterocycles. The molecule has 0 saturated heterocycles. The molecular weight excluding hydrogens is 344 g/mol. The molecule has 1 unspecified atom stereocenters. The molecule has 1 atom stereocenters. The van der Waals surface area contributed by atoms with Crippen molar-refractivity contribution in [3.63, 3.8) is 0 Å². The van der Waals surface area contributed by atoms with Crippen LogP contribution in [0.3, 0.4) is 0 Å². The third-order valence-corrected chi connectivity index (χ3v) is 5.04. The maximum Gasteiger partial charge on any atom is 0.387 e. The Balaban J connectivity index is 3.53. The van der Waals surface area contributed by atoms with Gasteiger partial charge >= 0.3 is 6.61 Å². The van der Waals surface area contributed by atoms with Gasteiger partial charge in [-0.05, 0) is 58.1 Å². The van der Waals surface area contributed by atoms with Crippen molar-refractivity contribution in [1.82, 2.24) is 0 Å². The Hall–Kier alpha value is -1.84. The number of rotatable bonds is 10. The number of nitrogens with zero attached hydrogens (tertiary/aromatic N) is 1. The maximum atomic E-state index is 12.7. The molecule has 0 radical (unpaired) electrons. The summed E-state index contributed by atoms with van der Waals surface area (Å²) in [7, 11) is 0. The van der Waals surface area contributed by atoms with E-state index in [1.165, 1.54) is 16.8 Å². The van der Waals surface area contributed by atoms with Crippen molar-refractivity contribution in [1.29, 1.82) is 0 Å². The summed E-state index contributed by atoms with van der Waals surface area (Å²) in [5.41, 5.74) is 4.78. The summed E-state index contributed by atoms with van der Waals surface area (Å²) in [5, 5.41) is 0. The van der Waals surface area contributed by atoms with Gasteiger partial charge in [0.05, 0.1) is 6.04 Å². The van der Waals surface area contributed by atoms with E-state index < -0.39 is 6.61 Å². The second kappa shape index (κ2) is 11.1. The van der Waals surface area contributed by atoms with Gasteiger partial charge in [0.25, 0.3) is 0 Å². The van der Waals surface area contributed by atoms with Crippen molar-refractivity contribution in [2.75, 3.05) is 4.90 Å². The fraction of sp³-hybridized carbons (Fsp3) is 0.565. The summed E-state index contributed by atoms with van der Waals surface area (Å²) in [4.78, 5) is 2.30. The van der Waals surface area contributed by atoms with Crippen LogP contribution in [0.1, 0.15) is 67.7 Å². The van der Waals surface area contributed by atoms with E-state index >= 15 is 0 Å². The molecule has 0 amide bonds. The van der Waals surface area contributed by atoms with E-state index in [9.17, 15) is 8.78 Å². The van der Waals surface area contributed by atoms with Crippen LogP contribution in [-0.2, 0) is 0 Å². The van der Waals surface area contributed by atoms with Crippen molar-refractivity contribution in [2.45, 2.75) is 80.4 Å². The van der Waals surface area contributed by atoms with Gasteiger partial charge in [-0.1, -0.05) is 51.0 Å². The second-order valence-electron chi connectivity index (χ2n) is 7.34. The molecular formula is C23H35F2NO. The number of ether oxygens (including phenoxy) is 1. The van der Waals surface area contributed by atoms with Gasteiger partial charge in [-0.25, -0.2) is 0 Å². The summed E-state index contributed by atoms with van der Waals surface area (Å²) in [6, 6.07) is 7.22. The number of hydrogen-bond donors (Lipinski definition) is 0. The van der Waals surface area contributed by atoms with Crippen LogP contribution in [0.25, 0.3) is 0 Å². The third kappa shape index (κ3) is 6.67. The fourth-order valence-corrected chi connectivity index (χ4v) is 3.35. The molecule has 1 rings (SSSR count). The van der Waals surface area contributed by atoms with Crippen LogP contribution in [0, 0.1) is 5.92 Å². The third-order valence-electron chi connectivity index (χ3n) is 5.04. The Labute approximate surface area is 163 Å². The highest BCUT2D eigenvalue weighted by atomic mass is 19.3. The molecule has 0 aliphatic carbocycles. The lowest BCUT2D eigenvalue weighted by molar-refractivity contribution is -0.0498. The van der Waals surface area contributed by atoms with Crippen LogP contribution in [0.2, 0.25) is 0 Å². The van der Waals surface area contributed by atoms with E-state index in [4.69, 9.17) is 0 Å². The monoisotopic (exact) mass is 379 g/mol. The summed E-state index contributed by atoms with van der Waals surface area (Å²) in [5.74, 6) is 0.698. The van der Waals surface area contributed by atoms with Crippen molar-refractivity contribution < 1.29 is 13.5 Å². The minimum atomic E-state index is -2.82. The van der Waals surface area contributed by atoms with Crippen LogP contribution < -0.4 is 9.64 Å². The summed E-state index contributed by atoms with van der Waals surface area (Å²) in [6.07, 6.45) is 4.96. The fourth-order valence-electron chi connectivity index (χ4n) is 3.35. The van der Waals surface area contributed by atoms with Crippen molar-refractivity contribution in [3.05, 3.63) is 47.2 Å². The Morgan fingerprint density at radius 3 is 2.30 bits per heavy atom. The zero-order valence-corrected chi connectivity index (χ0v) is 17.9. The smallest absolute Gasteiger partial charge is 0.387 e. The standard InChI is InChI=1S/C23H35F2NO/c1-8-17(6)18(7)22(14-16(4)5)26(19(9-2)10-3)20-12-11-13-21(15-20)27-23(24)25/h9,11-13,15-16,22-23H,8,10,14H2,1-7H3/b18-17+,19-9+. The molecule has 1 aromatic rings. The minimum absolute atomic E-state index is 0.179. The van der Waals surface area contributed by atoms with Gasteiger partial charge in [-0.2, -0.15) is 8.78 Å². The van der Waals surface area contributed by atoms with Crippen LogP contribution in [0.4, 0.5) is 14.5 Å². The molecule has 0 bridgehead atoms. The van der Waals surface area contributed by atoms with Crippen molar-refractivity contribution in [3.8, 4) is 5.75 Å². The van der Waals surface area contributed by atoms with Gasteiger partial charge in [-0.15, -0.1) is 0 Å². The molecule has 2 nitrogen and oxygen atoms in total. The first-order chi connectivity index (χ1) is 12.7. The van der Waals surface area contributed by atoms with Crippen LogP contribution in [0.15, 0.2) is 47.2 Å². The Bertz CT molecular complexity index is 650. The Morgan fingerprint density at radius 2 is 1.81 bits per heavy atom. The molecule has 152 valence electrons. The Morgan fingerprint density at radius 1 is 1.15 bits per heavy atom. The van der Waals surface area contributed by atoms with Crippen LogP contribution >= 0.6 is 0 Å². The van der Waals surface area contributed by atoms with E-state index in [0.717, 1.165) is 24.9 Å². The van der Waals surface area contributed by atoms with Gasteiger partial charge in [0.15, 0.2) is 0 Å². The second-order valence-corrected chi connectivity index (χ2v) is 7.34. The first-order valence-corrected chi connectivity index (χ1v) is 9.90. The average Bonchev–Trinajstić information content (AvgIpc) is 2.62. The summed E-state index contributed by atoms with van der Waals surface area (Å²) < 4.78 is 30.1. The molecule has 27 heavy (non-hydrogen) atoms. The van der Waals surface area contributed by atoms with Crippen LogP contribution in [-0.4, -0.2) is 12.7 Å². The molecule has 4 heteroatoms. The number of halogens is 2. The highest BCUT2D eigenvalue weighted by molar-refractivity contribution is 5.58. The van der Waals surface area contributed by atoms with Crippen molar-refractivity contribution in [2.24, 2.45) is 5.92 Å². The predicted octanol–water partition coefficient (Wildman–Crippen LogP) is 7.57. The Kier molecular flexibility index (Phi) is 9.54. The zero-order chi connectivity index (χ0) is 20.6. The van der Waals surface area contributed by atoms with Gasteiger partial charge in [0, 0.05) is 17.5 Å². The van der Waals surface area contributed by atoms with E-state index in [2.05, 4.69) is 57.3 Å². The number of hydrogen-bond acceptors (Lipinski definition) is 2. The lowest BCUT2D eigenvalue weighted by atomic mass is 9.91. The number of benzene rings is 1. The van der Waals surface area contributed by atoms with Crippen molar-refractivity contribution >= 4 is 5.69 Å². The van der Waals surface area contributed by atoms with E-state index in [-0.39, 0.29) is 11.8 Å². The number of allylic oxidation sites excluding steroid dienone is 3. The number of anilines is 1. The molecule has 0 spiro atoms. The summed E-state index contributed by atoms with van der Waals surface area (Å²) >= 11 is 0. The molecule has 0 fully saturated rings. The predicted molar refractivity (Wildman–Crippen MR) is 112 cm³/mol. The SMILES string of the molecule is C/C=C(\CC)N(c1cccc(OC(F)F)c1)C(CC(C)C)/C(C)=C(\C)CC. The van der Waals surface area contributed by atoms with Gasteiger partial charge in [0.1, 0.15) is 5.75 Å². The average molecular weight is 380 g/mol. The highest BCUT2D eigenvalue weighted by Gasteiger charge is 2.25. The van der Waals surface area contributed by atoms with Gasteiger partial charge in [0.2, 0.25) is 0 Å². The van der Waals surface area contributed by atoms with E-state index in [1.807, 2.05) is 13.0 Å². The normalized spacial score (nSPS) is 14.4. The van der Waals surface area contributed by atoms with E-state index in [1.54, 1.807) is 18.2 Å². The quantitative estimate of drug-likeness (QED) is 0.389. The zero-order valence-electron chi connectivity index (χ0n) is 17.9. The maximum absolute atomic E-state index is 12.7. The molecule has 0 N–H and O–H groups in total. The van der Waals surface area contributed by atoms with Crippen LogP contribution in [0.5, 0.6) is 5.75 Å². The molecule has 0 heterocycles. The molecule has 1 aromatic carbocycles. The first kappa shape index (κ1) is 23.2. The van der Waals surface area contributed by atoms with Gasteiger partial charge < -0.3 is 9.64 Å². The largest absolute Gasteiger partial charge is 0.435 e. The topological polar surface area (TPSA) is 12.5 Å². The lowest BCUT2D eigenvalue weighted by Gasteiger charge is -2.38. The molecule has 0 saturated carbocycles. The molecule has 0 aliphatic rings. The highest BCUT2D eigenvalue weighted by Crippen LogP contribution is 2.34.